The number of ether oxygens (including phenoxy) is 2. The summed E-state index contributed by atoms with van der Waals surface area (Å²) in [6.45, 7) is 14.0. The quantitative estimate of drug-likeness (QED) is 0.704. The van der Waals surface area contributed by atoms with Gasteiger partial charge in [-0.25, -0.2) is 9.97 Å². The molecule has 138 valence electrons. The molecule has 1 aromatic carbocycles. The van der Waals surface area contributed by atoms with Crippen LogP contribution in [0.4, 0.5) is 0 Å². The number of rotatable bonds is 5. The van der Waals surface area contributed by atoms with Crippen molar-refractivity contribution in [1.82, 2.24) is 9.97 Å². The van der Waals surface area contributed by atoms with Gasteiger partial charge >= 0.3 is 0 Å². The van der Waals surface area contributed by atoms with Gasteiger partial charge in [-0.1, -0.05) is 19.6 Å². The molecule has 0 bridgehead atoms. The van der Waals surface area contributed by atoms with Crippen molar-refractivity contribution in [3.05, 3.63) is 53.6 Å². The van der Waals surface area contributed by atoms with Crippen LogP contribution in [0.3, 0.4) is 0 Å². The zero-order valence-electron chi connectivity index (χ0n) is 16.6. The highest BCUT2D eigenvalue weighted by atomic mass is 28.3. The fourth-order valence-corrected chi connectivity index (χ4v) is 5.10. The minimum Gasteiger partial charge on any atom is -0.490 e. The van der Waals surface area contributed by atoms with E-state index in [1.807, 2.05) is 19.3 Å². The largest absolute Gasteiger partial charge is 0.490 e. The van der Waals surface area contributed by atoms with E-state index in [-0.39, 0.29) is 5.60 Å². The zero-order valence-corrected chi connectivity index (χ0v) is 17.6. The second kappa shape index (κ2) is 6.87. The fourth-order valence-electron chi connectivity index (χ4n) is 3.32. The van der Waals surface area contributed by atoms with Gasteiger partial charge in [0.25, 0.3) is 0 Å². The first kappa shape index (κ1) is 18.6. The Morgan fingerprint density at radius 2 is 1.77 bits per heavy atom. The first-order chi connectivity index (χ1) is 12.2. The molecular weight excluding hydrogens is 340 g/mol. The van der Waals surface area contributed by atoms with Crippen molar-refractivity contribution in [2.75, 3.05) is 6.61 Å². The molecule has 0 atom stereocenters. The fraction of sp³-hybridized carbons (Fsp3) is 0.429. The Labute approximate surface area is 157 Å². The molecule has 0 aliphatic carbocycles. The maximum Gasteiger partial charge on any atom is 0.169 e. The highest BCUT2D eigenvalue weighted by Gasteiger charge is 2.35. The molecule has 26 heavy (non-hydrogen) atoms. The van der Waals surface area contributed by atoms with Gasteiger partial charge < -0.3 is 9.47 Å². The van der Waals surface area contributed by atoms with E-state index in [0.29, 0.717) is 6.61 Å². The highest BCUT2D eigenvalue weighted by molar-refractivity contribution is 6.93. The Balaban J connectivity index is 2.14. The lowest BCUT2D eigenvalue weighted by Gasteiger charge is -2.36. The Kier molecular flexibility index (Phi) is 4.93. The molecule has 2 heterocycles. The molecule has 0 saturated heterocycles. The van der Waals surface area contributed by atoms with Crippen LogP contribution >= 0.6 is 0 Å². The Morgan fingerprint density at radius 3 is 2.38 bits per heavy atom. The molecule has 1 aliphatic rings. The van der Waals surface area contributed by atoms with E-state index in [4.69, 9.17) is 9.47 Å². The van der Waals surface area contributed by atoms with Crippen molar-refractivity contribution in [2.24, 2.45) is 0 Å². The molecule has 1 aromatic heterocycles. The predicted octanol–water partition coefficient (Wildman–Crippen LogP) is 4.90. The van der Waals surface area contributed by atoms with Crippen molar-refractivity contribution in [1.29, 1.82) is 0 Å². The van der Waals surface area contributed by atoms with Crippen LogP contribution in [0, 0.1) is 0 Å². The lowest BCUT2D eigenvalue weighted by Crippen LogP contribution is -2.35. The van der Waals surface area contributed by atoms with Gasteiger partial charge in [-0.05, 0) is 55.3 Å². The van der Waals surface area contributed by atoms with E-state index in [1.54, 1.807) is 6.33 Å². The number of nitrogens with zero attached hydrogens (tertiary/aromatic N) is 2. The third-order valence-electron chi connectivity index (χ3n) is 4.39. The summed E-state index contributed by atoms with van der Waals surface area (Å²) in [6, 6.07) is 4.35. The van der Waals surface area contributed by atoms with Gasteiger partial charge in [0.05, 0.1) is 14.7 Å². The molecule has 1 aliphatic heterocycles. The summed E-state index contributed by atoms with van der Waals surface area (Å²) >= 11 is 0. The molecule has 5 heteroatoms. The van der Waals surface area contributed by atoms with Crippen molar-refractivity contribution in [3.8, 4) is 11.5 Å². The van der Waals surface area contributed by atoms with Gasteiger partial charge in [0, 0.05) is 24.4 Å². The summed E-state index contributed by atoms with van der Waals surface area (Å²) < 4.78 is 12.3. The van der Waals surface area contributed by atoms with Crippen LogP contribution in [0.25, 0.3) is 5.20 Å². The van der Waals surface area contributed by atoms with E-state index in [9.17, 15) is 0 Å². The Morgan fingerprint density at radius 1 is 1.08 bits per heavy atom. The number of fused-ring (bicyclic) bond motifs is 1. The molecular formula is C21H28N2O2Si. The standard InChI is InChI=1S/C21H28N2O2Si/c1-7-24-18-10-15(8-16-12-22-14-23-13-16)9-17-19(26(4,5)6)11-21(2,3)25-20(17)18/h9-14H,7-8H2,1-6H3. The molecule has 0 fully saturated rings. The number of aromatic nitrogens is 2. The molecule has 3 rings (SSSR count). The highest BCUT2D eigenvalue weighted by Crippen LogP contribution is 2.46. The van der Waals surface area contributed by atoms with Gasteiger partial charge in [0.2, 0.25) is 0 Å². The monoisotopic (exact) mass is 368 g/mol. The van der Waals surface area contributed by atoms with E-state index >= 15 is 0 Å². The summed E-state index contributed by atoms with van der Waals surface area (Å²) in [5.74, 6) is 1.71. The maximum absolute atomic E-state index is 6.33. The summed E-state index contributed by atoms with van der Waals surface area (Å²) in [5.41, 5.74) is 3.13. The van der Waals surface area contributed by atoms with Crippen LogP contribution in [-0.2, 0) is 6.42 Å². The molecule has 0 unspecified atom stereocenters. The van der Waals surface area contributed by atoms with Crippen LogP contribution in [0.5, 0.6) is 11.5 Å². The molecule has 0 amide bonds. The van der Waals surface area contributed by atoms with Crippen LogP contribution in [-0.4, -0.2) is 30.2 Å². The lowest BCUT2D eigenvalue weighted by atomic mass is 9.97. The van der Waals surface area contributed by atoms with Gasteiger partial charge in [-0.3, -0.25) is 0 Å². The maximum atomic E-state index is 6.33. The minimum atomic E-state index is -1.56. The second-order valence-electron chi connectivity index (χ2n) is 8.34. The topological polar surface area (TPSA) is 44.2 Å². The van der Waals surface area contributed by atoms with E-state index in [2.05, 4.69) is 61.7 Å². The molecule has 0 saturated carbocycles. The third-order valence-corrected chi connectivity index (χ3v) is 6.42. The van der Waals surface area contributed by atoms with Gasteiger partial charge in [-0.15, -0.1) is 0 Å². The minimum absolute atomic E-state index is 0.330. The van der Waals surface area contributed by atoms with Gasteiger partial charge in [0.15, 0.2) is 11.5 Å². The number of hydrogen-bond acceptors (Lipinski definition) is 4. The van der Waals surface area contributed by atoms with E-state index < -0.39 is 8.07 Å². The summed E-state index contributed by atoms with van der Waals surface area (Å²) in [4.78, 5) is 8.26. The summed E-state index contributed by atoms with van der Waals surface area (Å²) in [7, 11) is -1.56. The third kappa shape index (κ3) is 3.98. The van der Waals surface area contributed by atoms with Gasteiger partial charge in [0.1, 0.15) is 11.9 Å². The molecule has 2 aromatic rings. The first-order valence-corrected chi connectivity index (χ1v) is 12.7. The van der Waals surface area contributed by atoms with Crippen LogP contribution in [0.2, 0.25) is 19.6 Å². The van der Waals surface area contributed by atoms with Crippen LogP contribution in [0.15, 0.2) is 36.9 Å². The number of hydrogen-bond donors (Lipinski definition) is 0. The average molecular weight is 369 g/mol. The van der Waals surface area contributed by atoms with Crippen molar-refractivity contribution in [3.63, 3.8) is 0 Å². The average Bonchev–Trinajstić information content (AvgIpc) is 2.55. The molecule has 0 spiro atoms. The molecule has 0 N–H and O–H groups in total. The van der Waals surface area contributed by atoms with E-state index in [1.165, 1.54) is 16.3 Å². The summed E-state index contributed by atoms with van der Waals surface area (Å²) in [6.07, 6.45) is 8.36. The SMILES string of the molecule is CCOc1cc(Cc2cncnc2)cc2c1OC(C)(C)C=C2[Si](C)(C)C. The van der Waals surface area contributed by atoms with Crippen LogP contribution in [0.1, 0.15) is 37.5 Å². The first-order valence-electron chi connectivity index (χ1n) is 9.16. The summed E-state index contributed by atoms with van der Waals surface area (Å²) in [5, 5.41) is 1.43. The Bertz CT molecular complexity index is 824. The van der Waals surface area contributed by atoms with Crippen LogP contribution < -0.4 is 9.47 Å². The Hall–Kier alpha value is -2.14. The lowest BCUT2D eigenvalue weighted by molar-refractivity contribution is 0.149. The molecule has 0 radical (unpaired) electrons. The molecule has 4 nitrogen and oxygen atoms in total. The number of benzene rings is 1. The zero-order chi connectivity index (χ0) is 18.9. The van der Waals surface area contributed by atoms with Crippen molar-refractivity contribution < 1.29 is 9.47 Å². The predicted molar refractivity (Wildman–Crippen MR) is 108 cm³/mol. The second-order valence-corrected chi connectivity index (χ2v) is 13.4. The van der Waals surface area contributed by atoms with Crippen molar-refractivity contribution >= 4 is 13.3 Å². The van der Waals surface area contributed by atoms with E-state index in [0.717, 1.165) is 23.5 Å². The van der Waals surface area contributed by atoms with Gasteiger partial charge in [-0.2, -0.15) is 0 Å². The van der Waals surface area contributed by atoms with Crippen molar-refractivity contribution in [2.45, 2.75) is 52.4 Å². The normalized spacial score (nSPS) is 15.7. The smallest absolute Gasteiger partial charge is 0.169 e.